The summed E-state index contributed by atoms with van der Waals surface area (Å²) in [7, 11) is 5.57. The molecule has 0 aliphatic carbocycles. The topological polar surface area (TPSA) is 50.6 Å². The number of rotatable bonds is 3. The molecule has 122 valence electrons. The summed E-state index contributed by atoms with van der Waals surface area (Å²) in [6.45, 7) is 3.31. The molecule has 0 N–H and O–H groups in total. The number of hydrogen-bond donors (Lipinski definition) is 0. The second-order valence-corrected chi connectivity index (χ2v) is 5.87. The van der Waals surface area contributed by atoms with Crippen LogP contribution in [0, 0.1) is 0 Å². The van der Waals surface area contributed by atoms with Crippen molar-refractivity contribution in [3.8, 4) is 17.0 Å². The maximum atomic E-state index is 12.6. The molecule has 1 saturated heterocycles. The number of ether oxygens (including phenoxy) is 1. The van der Waals surface area contributed by atoms with E-state index in [9.17, 15) is 4.79 Å². The van der Waals surface area contributed by atoms with E-state index < -0.39 is 0 Å². The number of benzene rings is 1. The van der Waals surface area contributed by atoms with Gasteiger partial charge in [-0.2, -0.15) is 5.10 Å². The standard InChI is InChI=1S/C17H22N4O2/c1-19-7-9-21(10-8-19)17(22)15-12-16(20(2)18-15)13-5-4-6-14(11-13)23-3/h4-6,11-12H,7-10H2,1-3H3. The van der Waals surface area contributed by atoms with Crippen molar-refractivity contribution < 1.29 is 9.53 Å². The number of amides is 1. The summed E-state index contributed by atoms with van der Waals surface area (Å²) in [4.78, 5) is 16.7. The molecule has 2 aromatic rings. The monoisotopic (exact) mass is 314 g/mol. The Bertz CT molecular complexity index is 702. The summed E-state index contributed by atoms with van der Waals surface area (Å²) in [5, 5.41) is 4.41. The van der Waals surface area contributed by atoms with Gasteiger partial charge in [0.15, 0.2) is 5.69 Å². The van der Waals surface area contributed by atoms with E-state index >= 15 is 0 Å². The molecule has 6 heteroatoms. The molecular weight excluding hydrogens is 292 g/mol. The molecule has 6 nitrogen and oxygen atoms in total. The molecule has 1 aromatic heterocycles. The highest BCUT2D eigenvalue weighted by molar-refractivity contribution is 5.93. The normalized spacial score (nSPS) is 15.7. The van der Waals surface area contributed by atoms with Crippen LogP contribution >= 0.6 is 0 Å². The van der Waals surface area contributed by atoms with Crippen LogP contribution in [0.25, 0.3) is 11.3 Å². The molecule has 0 atom stereocenters. The molecule has 3 rings (SSSR count). The van der Waals surface area contributed by atoms with Crippen LogP contribution in [-0.4, -0.2) is 65.8 Å². The molecule has 0 unspecified atom stereocenters. The van der Waals surface area contributed by atoms with Crippen LogP contribution in [0.4, 0.5) is 0 Å². The Balaban J connectivity index is 1.84. The largest absolute Gasteiger partial charge is 0.497 e. The van der Waals surface area contributed by atoms with Crippen molar-refractivity contribution in [2.75, 3.05) is 40.3 Å². The fourth-order valence-corrected chi connectivity index (χ4v) is 2.80. The maximum Gasteiger partial charge on any atom is 0.274 e. The van der Waals surface area contributed by atoms with Crippen LogP contribution in [0.3, 0.4) is 0 Å². The van der Waals surface area contributed by atoms with Gasteiger partial charge in [0.1, 0.15) is 5.75 Å². The van der Waals surface area contributed by atoms with Crippen LogP contribution < -0.4 is 4.74 Å². The van der Waals surface area contributed by atoms with Gasteiger partial charge in [-0.25, -0.2) is 0 Å². The molecule has 1 aliphatic heterocycles. The highest BCUT2D eigenvalue weighted by Gasteiger charge is 2.23. The molecule has 2 heterocycles. The van der Waals surface area contributed by atoms with Crippen molar-refractivity contribution in [3.05, 3.63) is 36.0 Å². The second-order valence-electron chi connectivity index (χ2n) is 5.87. The van der Waals surface area contributed by atoms with Gasteiger partial charge in [0.05, 0.1) is 12.8 Å². The van der Waals surface area contributed by atoms with Crippen molar-refractivity contribution in [1.29, 1.82) is 0 Å². The molecule has 23 heavy (non-hydrogen) atoms. The van der Waals surface area contributed by atoms with Crippen molar-refractivity contribution in [3.63, 3.8) is 0 Å². The zero-order chi connectivity index (χ0) is 16.4. The van der Waals surface area contributed by atoms with E-state index in [1.54, 1.807) is 11.8 Å². The number of carbonyl (C=O) groups is 1. The van der Waals surface area contributed by atoms with Crippen LogP contribution in [-0.2, 0) is 7.05 Å². The zero-order valence-electron chi connectivity index (χ0n) is 13.8. The first kappa shape index (κ1) is 15.6. The first-order valence-electron chi connectivity index (χ1n) is 7.75. The lowest BCUT2D eigenvalue weighted by atomic mass is 10.1. The minimum absolute atomic E-state index is 0.00264. The Morgan fingerprint density at radius 1 is 1.13 bits per heavy atom. The molecule has 1 aliphatic rings. The summed E-state index contributed by atoms with van der Waals surface area (Å²) in [6, 6.07) is 9.62. The van der Waals surface area contributed by atoms with Gasteiger partial charge in [0.25, 0.3) is 5.91 Å². The Morgan fingerprint density at radius 3 is 2.57 bits per heavy atom. The average molecular weight is 314 g/mol. The third-order valence-electron chi connectivity index (χ3n) is 4.25. The molecule has 1 amide bonds. The van der Waals surface area contributed by atoms with Gasteiger partial charge in [-0.1, -0.05) is 12.1 Å². The third kappa shape index (κ3) is 3.22. The highest BCUT2D eigenvalue weighted by atomic mass is 16.5. The number of carbonyl (C=O) groups excluding carboxylic acids is 1. The number of aryl methyl sites for hydroxylation is 1. The number of nitrogens with zero attached hydrogens (tertiary/aromatic N) is 4. The van der Waals surface area contributed by atoms with Crippen molar-refractivity contribution in [2.24, 2.45) is 7.05 Å². The molecule has 0 spiro atoms. The number of aromatic nitrogens is 2. The summed E-state index contributed by atoms with van der Waals surface area (Å²) >= 11 is 0. The Hall–Kier alpha value is -2.34. The first-order valence-corrected chi connectivity index (χ1v) is 7.75. The van der Waals surface area contributed by atoms with Crippen LogP contribution in [0.2, 0.25) is 0 Å². The van der Waals surface area contributed by atoms with Gasteiger partial charge in [-0.3, -0.25) is 9.48 Å². The maximum absolute atomic E-state index is 12.6. The van der Waals surface area contributed by atoms with E-state index in [1.807, 2.05) is 42.3 Å². The Kier molecular flexibility index (Phi) is 4.34. The molecule has 0 saturated carbocycles. The van der Waals surface area contributed by atoms with Crippen LogP contribution in [0.15, 0.2) is 30.3 Å². The van der Waals surface area contributed by atoms with Crippen LogP contribution in [0.5, 0.6) is 5.75 Å². The lowest BCUT2D eigenvalue weighted by Gasteiger charge is -2.31. The Labute approximate surface area is 136 Å². The number of methoxy groups -OCH3 is 1. The Morgan fingerprint density at radius 2 is 1.87 bits per heavy atom. The zero-order valence-corrected chi connectivity index (χ0v) is 13.8. The fourth-order valence-electron chi connectivity index (χ4n) is 2.80. The summed E-state index contributed by atoms with van der Waals surface area (Å²) in [5.41, 5.74) is 2.38. The third-order valence-corrected chi connectivity index (χ3v) is 4.25. The van der Waals surface area contributed by atoms with Gasteiger partial charge in [-0.05, 0) is 25.2 Å². The van der Waals surface area contributed by atoms with Gasteiger partial charge in [0.2, 0.25) is 0 Å². The molecule has 1 aromatic carbocycles. The minimum Gasteiger partial charge on any atom is -0.497 e. The molecule has 1 fully saturated rings. The lowest BCUT2D eigenvalue weighted by Crippen LogP contribution is -2.47. The van der Waals surface area contributed by atoms with Gasteiger partial charge < -0.3 is 14.5 Å². The quantitative estimate of drug-likeness (QED) is 0.861. The van der Waals surface area contributed by atoms with Gasteiger partial charge in [0, 0.05) is 38.8 Å². The smallest absolute Gasteiger partial charge is 0.274 e. The predicted molar refractivity (Wildman–Crippen MR) is 88.6 cm³/mol. The summed E-state index contributed by atoms with van der Waals surface area (Å²) < 4.78 is 7.01. The summed E-state index contributed by atoms with van der Waals surface area (Å²) in [6.07, 6.45) is 0. The van der Waals surface area contributed by atoms with E-state index in [1.165, 1.54) is 0 Å². The van der Waals surface area contributed by atoms with E-state index in [0.29, 0.717) is 5.69 Å². The highest BCUT2D eigenvalue weighted by Crippen LogP contribution is 2.24. The van der Waals surface area contributed by atoms with Gasteiger partial charge >= 0.3 is 0 Å². The molecule has 0 radical (unpaired) electrons. The summed E-state index contributed by atoms with van der Waals surface area (Å²) in [5.74, 6) is 0.790. The van der Waals surface area contributed by atoms with Crippen molar-refractivity contribution in [2.45, 2.75) is 0 Å². The van der Waals surface area contributed by atoms with Crippen LogP contribution in [0.1, 0.15) is 10.5 Å². The second kappa shape index (κ2) is 6.42. The van der Waals surface area contributed by atoms with Gasteiger partial charge in [-0.15, -0.1) is 0 Å². The number of hydrogen-bond acceptors (Lipinski definition) is 4. The van der Waals surface area contributed by atoms with Crippen molar-refractivity contribution in [1.82, 2.24) is 19.6 Å². The van der Waals surface area contributed by atoms with E-state index in [-0.39, 0.29) is 5.91 Å². The molecule has 0 bridgehead atoms. The number of piperazine rings is 1. The SMILES string of the molecule is COc1cccc(-c2cc(C(=O)N3CCN(C)CC3)nn2C)c1. The lowest BCUT2D eigenvalue weighted by molar-refractivity contribution is 0.0657. The van der Waals surface area contributed by atoms with E-state index in [2.05, 4.69) is 17.0 Å². The average Bonchev–Trinajstić information content (AvgIpc) is 2.97. The van der Waals surface area contributed by atoms with Crippen molar-refractivity contribution >= 4 is 5.91 Å². The molecular formula is C17H22N4O2. The predicted octanol–water partition coefficient (Wildman–Crippen LogP) is 1.48. The van der Waals surface area contributed by atoms with E-state index in [0.717, 1.165) is 43.2 Å². The fraction of sp³-hybridized carbons (Fsp3) is 0.412. The first-order chi connectivity index (χ1) is 11.1. The van der Waals surface area contributed by atoms with E-state index in [4.69, 9.17) is 4.74 Å². The number of likely N-dealkylation sites (N-methyl/N-ethyl adjacent to an activating group) is 1. The minimum atomic E-state index is 0.00264.